The van der Waals surface area contributed by atoms with E-state index in [0.717, 1.165) is 0 Å². The molecule has 126 valence electrons. The zero-order valence-corrected chi connectivity index (χ0v) is 11.9. The number of primary amides is 1. The molecule has 0 spiro atoms. The number of carbonyl (C=O) groups excluding carboxylic acids is 1. The highest BCUT2D eigenvalue weighted by Gasteiger charge is 2.74. The molecule has 5 rings (SSSR count). The van der Waals surface area contributed by atoms with Crippen LogP contribution in [0.1, 0.15) is 49.8 Å². The summed E-state index contributed by atoms with van der Waals surface area (Å²) in [6, 6.07) is 0. The Hall–Kier alpha value is -1.84. The number of aromatic nitrogens is 2. The van der Waals surface area contributed by atoms with Crippen molar-refractivity contribution in [2.75, 3.05) is 0 Å². The van der Waals surface area contributed by atoms with Crippen molar-refractivity contribution >= 4 is 6.09 Å². The number of ether oxygens (including phenoxy) is 2. The third-order valence-electron chi connectivity index (χ3n) is 4.94. The summed E-state index contributed by atoms with van der Waals surface area (Å²) in [6.07, 6.45) is -4.06. The van der Waals surface area contributed by atoms with Crippen LogP contribution in [-0.4, -0.2) is 34.4 Å². The van der Waals surface area contributed by atoms with Crippen LogP contribution in [0, 0.1) is 0 Å². The molecule has 1 aromatic rings. The second-order valence-electron chi connectivity index (χ2n) is 6.71. The quantitative estimate of drug-likeness (QED) is 0.906. The minimum Gasteiger partial charge on any atom is -0.443 e. The third kappa shape index (κ3) is 2.35. The Morgan fingerprint density at radius 2 is 1.91 bits per heavy atom. The molecule has 23 heavy (non-hydrogen) atoms. The highest BCUT2D eigenvalue weighted by atomic mass is 19.4. The summed E-state index contributed by atoms with van der Waals surface area (Å²) in [5.74, 6) is 0.603. The number of hydrogen-bond acceptors (Lipinski definition) is 6. The molecule has 0 atom stereocenters. The van der Waals surface area contributed by atoms with Gasteiger partial charge in [0.15, 0.2) is 0 Å². The summed E-state index contributed by atoms with van der Waals surface area (Å²) < 4.78 is 50.9. The fourth-order valence-corrected chi connectivity index (χ4v) is 3.91. The molecule has 1 amide bonds. The maximum Gasteiger partial charge on any atom is 0.522 e. The van der Waals surface area contributed by atoms with Crippen LogP contribution >= 0.6 is 0 Å². The zero-order chi connectivity index (χ0) is 16.5. The molecule has 0 radical (unpaired) electrons. The standard InChI is InChI=1S/C13H14F3N3O4/c14-13(15,16)22-7-1-6(2-7)8-18-19-9(21-8)11-3-12(4-11,5-11)23-10(17)20/h6-7H,1-5H2,(H2,17,20). The molecule has 0 saturated heterocycles. The molecular formula is C13H14F3N3O4. The molecule has 4 fully saturated rings. The predicted octanol–water partition coefficient (Wildman–Crippen LogP) is 2.12. The topological polar surface area (TPSA) is 100 Å². The van der Waals surface area contributed by atoms with Crippen molar-refractivity contribution in [1.82, 2.24) is 10.2 Å². The highest BCUT2D eigenvalue weighted by molar-refractivity contribution is 5.66. The number of rotatable bonds is 4. The van der Waals surface area contributed by atoms with E-state index in [2.05, 4.69) is 14.9 Å². The van der Waals surface area contributed by atoms with E-state index in [0.29, 0.717) is 31.0 Å². The van der Waals surface area contributed by atoms with Gasteiger partial charge in [0.25, 0.3) is 0 Å². The molecular weight excluding hydrogens is 319 g/mol. The zero-order valence-electron chi connectivity index (χ0n) is 11.9. The minimum absolute atomic E-state index is 0.202. The molecule has 4 saturated carbocycles. The van der Waals surface area contributed by atoms with Crippen molar-refractivity contribution in [3.05, 3.63) is 11.8 Å². The van der Waals surface area contributed by atoms with Crippen LogP contribution in [0.3, 0.4) is 0 Å². The van der Waals surface area contributed by atoms with Crippen LogP contribution in [0.2, 0.25) is 0 Å². The lowest BCUT2D eigenvalue weighted by atomic mass is 9.41. The minimum atomic E-state index is -4.61. The molecule has 2 N–H and O–H groups in total. The van der Waals surface area contributed by atoms with Gasteiger partial charge in [-0.1, -0.05) is 0 Å². The van der Waals surface area contributed by atoms with Crippen LogP contribution in [0.5, 0.6) is 0 Å². The second-order valence-corrected chi connectivity index (χ2v) is 6.71. The molecule has 7 nitrogen and oxygen atoms in total. The van der Waals surface area contributed by atoms with Crippen LogP contribution in [0.25, 0.3) is 0 Å². The number of halogens is 3. The fraction of sp³-hybridized carbons (Fsp3) is 0.769. The van der Waals surface area contributed by atoms with Crippen molar-refractivity contribution in [2.45, 2.75) is 61.5 Å². The second kappa shape index (κ2) is 4.37. The average Bonchev–Trinajstić information content (AvgIpc) is 2.73. The molecule has 2 bridgehead atoms. The van der Waals surface area contributed by atoms with Gasteiger partial charge in [-0.2, -0.15) is 0 Å². The first-order valence-corrected chi connectivity index (χ1v) is 7.26. The third-order valence-corrected chi connectivity index (χ3v) is 4.94. The molecule has 0 aliphatic heterocycles. The van der Waals surface area contributed by atoms with Crippen LogP contribution in [-0.2, 0) is 14.9 Å². The predicted molar refractivity (Wildman–Crippen MR) is 66.1 cm³/mol. The van der Waals surface area contributed by atoms with Gasteiger partial charge in [-0.15, -0.1) is 23.4 Å². The number of carbonyl (C=O) groups is 1. The number of alkyl halides is 3. The van der Waals surface area contributed by atoms with Gasteiger partial charge in [-0.3, -0.25) is 4.74 Å². The molecule has 0 aromatic carbocycles. The van der Waals surface area contributed by atoms with E-state index in [4.69, 9.17) is 14.9 Å². The maximum atomic E-state index is 12.1. The van der Waals surface area contributed by atoms with Crippen LogP contribution in [0.4, 0.5) is 18.0 Å². The fourth-order valence-electron chi connectivity index (χ4n) is 3.91. The first-order chi connectivity index (χ1) is 10.7. The van der Waals surface area contributed by atoms with Gasteiger partial charge in [0.2, 0.25) is 11.8 Å². The Kier molecular flexibility index (Phi) is 2.80. The Balaban J connectivity index is 1.33. The Morgan fingerprint density at radius 1 is 1.26 bits per heavy atom. The average molecular weight is 333 g/mol. The van der Waals surface area contributed by atoms with E-state index >= 15 is 0 Å². The van der Waals surface area contributed by atoms with E-state index in [-0.39, 0.29) is 24.2 Å². The van der Waals surface area contributed by atoms with Gasteiger partial charge in [0, 0.05) is 25.2 Å². The number of nitrogens with zero attached hydrogens (tertiary/aromatic N) is 2. The highest BCUT2D eigenvalue weighted by Crippen LogP contribution is 2.69. The van der Waals surface area contributed by atoms with E-state index in [1.165, 1.54) is 0 Å². The molecule has 1 heterocycles. The molecule has 4 aliphatic carbocycles. The first-order valence-electron chi connectivity index (χ1n) is 7.26. The lowest BCUT2D eigenvalue weighted by Gasteiger charge is -2.66. The number of hydrogen-bond donors (Lipinski definition) is 1. The van der Waals surface area contributed by atoms with Gasteiger partial charge in [-0.25, -0.2) is 4.79 Å². The van der Waals surface area contributed by atoms with Crippen molar-refractivity contribution in [3.8, 4) is 0 Å². The normalized spacial score (nSPS) is 38.2. The van der Waals surface area contributed by atoms with Gasteiger partial charge in [0.1, 0.15) is 5.60 Å². The smallest absolute Gasteiger partial charge is 0.443 e. The number of amides is 1. The summed E-state index contributed by atoms with van der Waals surface area (Å²) in [6.45, 7) is 0. The van der Waals surface area contributed by atoms with E-state index in [9.17, 15) is 18.0 Å². The molecule has 4 aliphatic rings. The summed E-state index contributed by atoms with van der Waals surface area (Å²) in [5, 5.41) is 7.95. The lowest BCUT2D eigenvalue weighted by molar-refractivity contribution is -0.352. The van der Waals surface area contributed by atoms with E-state index < -0.39 is 24.2 Å². The van der Waals surface area contributed by atoms with Gasteiger partial charge >= 0.3 is 12.5 Å². The molecule has 0 unspecified atom stereocenters. The maximum absolute atomic E-state index is 12.1. The Labute approximate surface area is 128 Å². The molecule has 10 heteroatoms. The van der Waals surface area contributed by atoms with Gasteiger partial charge in [0.05, 0.1) is 11.5 Å². The largest absolute Gasteiger partial charge is 0.522 e. The SMILES string of the molecule is NC(=O)OC12CC(c3nnc(C4CC(OC(F)(F)F)C4)o3)(C1)C2. The van der Waals surface area contributed by atoms with Crippen LogP contribution < -0.4 is 5.73 Å². The number of nitrogens with two attached hydrogens (primary N) is 1. The summed E-state index contributed by atoms with van der Waals surface area (Å²) in [5.41, 5.74) is 4.25. The van der Waals surface area contributed by atoms with E-state index in [1.807, 2.05) is 0 Å². The van der Waals surface area contributed by atoms with Gasteiger partial charge in [-0.05, 0) is 12.8 Å². The van der Waals surface area contributed by atoms with Crippen molar-refractivity contribution < 1.29 is 31.9 Å². The Morgan fingerprint density at radius 3 is 2.48 bits per heavy atom. The molecule has 1 aromatic heterocycles. The van der Waals surface area contributed by atoms with Crippen molar-refractivity contribution in [3.63, 3.8) is 0 Å². The van der Waals surface area contributed by atoms with Gasteiger partial charge < -0.3 is 14.9 Å². The summed E-state index contributed by atoms with van der Waals surface area (Å²) in [7, 11) is 0. The summed E-state index contributed by atoms with van der Waals surface area (Å²) in [4.78, 5) is 10.8. The monoisotopic (exact) mass is 333 g/mol. The first kappa shape index (κ1) is 14.7. The van der Waals surface area contributed by atoms with Crippen LogP contribution in [0.15, 0.2) is 4.42 Å². The van der Waals surface area contributed by atoms with Crippen molar-refractivity contribution in [2.24, 2.45) is 5.73 Å². The van der Waals surface area contributed by atoms with E-state index in [1.54, 1.807) is 0 Å². The lowest BCUT2D eigenvalue weighted by Crippen LogP contribution is -2.71. The summed E-state index contributed by atoms with van der Waals surface area (Å²) >= 11 is 0. The Bertz CT molecular complexity index is 633. The van der Waals surface area contributed by atoms with Crippen molar-refractivity contribution in [1.29, 1.82) is 0 Å².